The van der Waals surface area contributed by atoms with Crippen LogP contribution in [0.1, 0.15) is 194 Å². The van der Waals surface area contributed by atoms with Gasteiger partial charge in [-0.25, -0.2) is 4.79 Å². The van der Waals surface area contributed by atoms with Crippen LogP contribution in [0.3, 0.4) is 0 Å². The Morgan fingerprint density at radius 2 is 0.864 bits per heavy atom. The average molecular weight is 622 g/mol. The summed E-state index contributed by atoms with van der Waals surface area (Å²) in [5, 5.41) is 2.99. The van der Waals surface area contributed by atoms with Crippen LogP contribution in [0.4, 0.5) is 0 Å². The molecule has 0 heterocycles. The first-order valence-electron chi connectivity index (χ1n) is 18.8. The predicted molar refractivity (Wildman–Crippen MR) is 186 cm³/mol. The van der Waals surface area contributed by atoms with Crippen LogP contribution in [0.25, 0.3) is 0 Å². The molecule has 0 saturated carbocycles. The highest BCUT2D eigenvalue weighted by Crippen LogP contribution is 2.22. The Balaban J connectivity index is 4.33. The van der Waals surface area contributed by atoms with Gasteiger partial charge in [-0.2, -0.15) is 4.91 Å². The minimum Gasteiger partial charge on any atom is -0.463 e. The Hall–Kier alpha value is -1.72. The van der Waals surface area contributed by atoms with Crippen LogP contribution < -0.4 is 0 Å². The van der Waals surface area contributed by atoms with Gasteiger partial charge in [-0.15, -0.1) is 0 Å². The van der Waals surface area contributed by atoms with Crippen molar-refractivity contribution in [2.75, 3.05) is 13.2 Å². The Kier molecular flexibility index (Phi) is 31.4. The molecule has 0 aliphatic heterocycles. The number of unbranched alkanes of at least 4 members (excludes halogenated alkanes) is 23. The number of hydrogen-bond acceptors (Lipinski definition) is 6. The highest BCUT2D eigenvalue weighted by Gasteiger charge is 2.22. The predicted octanol–water partition coefficient (Wildman–Crippen LogP) is 12.0. The van der Waals surface area contributed by atoms with Gasteiger partial charge in [0, 0.05) is 5.57 Å². The summed E-state index contributed by atoms with van der Waals surface area (Å²) in [4.78, 5) is 35.9. The number of nitrogens with zero attached hydrogens (tertiary/aromatic N) is 1. The lowest BCUT2D eigenvalue weighted by Gasteiger charge is -2.17. The summed E-state index contributed by atoms with van der Waals surface area (Å²) in [6.07, 6.45) is 34.1. The zero-order chi connectivity index (χ0) is 32.5. The van der Waals surface area contributed by atoms with Gasteiger partial charge in [0.2, 0.25) is 0 Å². The number of rotatable bonds is 34. The van der Waals surface area contributed by atoms with Crippen molar-refractivity contribution in [2.45, 2.75) is 200 Å². The van der Waals surface area contributed by atoms with E-state index in [9.17, 15) is 14.5 Å². The molecule has 0 aromatic rings. The standard InChI is InChI=1S/C38H71NO5/c1-5-7-9-11-13-15-17-19-21-23-25-27-29-31-35(30-28-26-24-22-20-18-16-14-12-10-8-6-2)38(41)44-33-36(39-42)32-43-37(40)34(3)4/h35-36H,3,5-33H2,1-2,4H3. The lowest BCUT2D eigenvalue weighted by atomic mass is 9.94. The van der Waals surface area contributed by atoms with Crippen molar-refractivity contribution in [3.05, 3.63) is 17.1 Å². The van der Waals surface area contributed by atoms with Crippen molar-refractivity contribution in [3.8, 4) is 0 Å². The normalized spacial score (nSPS) is 12.5. The number of nitroso groups, excluding NO2 is 1. The van der Waals surface area contributed by atoms with Gasteiger partial charge in [-0.1, -0.05) is 186 Å². The van der Waals surface area contributed by atoms with Gasteiger partial charge in [0.25, 0.3) is 0 Å². The molecule has 0 N–H and O–H groups in total. The molecular formula is C38H71NO5. The molecule has 258 valence electrons. The van der Waals surface area contributed by atoms with Crippen LogP contribution in [0, 0.1) is 10.8 Å². The maximum absolute atomic E-state index is 13.0. The van der Waals surface area contributed by atoms with E-state index in [2.05, 4.69) is 25.6 Å². The van der Waals surface area contributed by atoms with Crippen LogP contribution in [-0.2, 0) is 19.1 Å². The molecular weight excluding hydrogens is 550 g/mol. The van der Waals surface area contributed by atoms with Gasteiger partial charge in [0.05, 0.1) is 5.92 Å². The van der Waals surface area contributed by atoms with Crippen molar-refractivity contribution >= 4 is 11.9 Å². The molecule has 0 aliphatic carbocycles. The molecule has 2 atom stereocenters. The Bertz CT molecular complexity index is 695. The Morgan fingerprint density at radius 3 is 1.18 bits per heavy atom. The maximum atomic E-state index is 13.0. The van der Waals surface area contributed by atoms with E-state index in [4.69, 9.17) is 9.47 Å². The summed E-state index contributed by atoms with van der Waals surface area (Å²) >= 11 is 0. The second-order valence-corrected chi connectivity index (χ2v) is 13.2. The molecule has 0 saturated heterocycles. The van der Waals surface area contributed by atoms with E-state index in [0.29, 0.717) is 0 Å². The summed E-state index contributed by atoms with van der Waals surface area (Å²) < 4.78 is 10.6. The van der Waals surface area contributed by atoms with Crippen molar-refractivity contribution < 1.29 is 19.1 Å². The molecule has 0 aliphatic rings. The van der Waals surface area contributed by atoms with Crippen molar-refractivity contribution in [1.82, 2.24) is 0 Å². The lowest BCUT2D eigenvalue weighted by molar-refractivity contribution is -0.150. The lowest BCUT2D eigenvalue weighted by Crippen LogP contribution is -2.27. The minimum absolute atomic E-state index is 0.142. The minimum atomic E-state index is -0.897. The second-order valence-electron chi connectivity index (χ2n) is 13.2. The summed E-state index contributed by atoms with van der Waals surface area (Å²) in [6, 6.07) is -0.897. The van der Waals surface area contributed by atoms with Gasteiger partial charge in [-0.3, -0.25) is 4.79 Å². The summed E-state index contributed by atoms with van der Waals surface area (Å²) in [5.41, 5.74) is 0.256. The number of carbonyl (C=O) groups is 2. The first-order chi connectivity index (χ1) is 21.5. The van der Waals surface area contributed by atoms with E-state index in [1.165, 1.54) is 135 Å². The van der Waals surface area contributed by atoms with E-state index >= 15 is 0 Å². The van der Waals surface area contributed by atoms with E-state index < -0.39 is 12.0 Å². The third-order valence-electron chi connectivity index (χ3n) is 8.72. The molecule has 6 heteroatoms. The first kappa shape index (κ1) is 42.3. The molecule has 0 aromatic carbocycles. The molecule has 2 unspecified atom stereocenters. The Morgan fingerprint density at radius 1 is 0.545 bits per heavy atom. The Labute approximate surface area is 272 Å². The molecule has 44 heavy (non-hydrogen) atoms. The number of carbonyl (C=O) groups excluding carboxylic acids is 2. The SMILES string of the molecule is C=C(C)C(=O)OCC(COC(=O)C(CCCCCCCCCCCCCC)CCCCCCCCCCCCCCC)N=O. The number of esters is 2. The fourth-order valence-electron chi connectivity index (χ4n) is 5.72. The molecule has 0 aromatic heterocycles. The highest BCUT2D eigenvalue weighted by molar-refractivity contribution is 5.86. The average Bonchev–Trinajstić information content (AvgIpc) is 3.02. The summed E-state index contributed by atoms with van der Waals surface area (Å²) in [5.74, 6) is -0.958. The number of ether oxygens (including phenoxy) is 2. The molecule has 0 bridgehead atoms. The first-order valence-corrected chi connectivity index (χ1v) is 18.8. The second kappa shape index (κ2) is 32.7. The van der Waals surface area contributed by atoms with Gasteiger partial charge < -0.3 is 9.47 Å². The maximum Gasteiger partial charge on any atom is 0.333 e. The summed E-state index contributed by atoms with van der Waals surface area (Å²) in [7, 11) is 0. The molecule has 0 amide bonds. The van der Waals surface area contributed by atoms with Crippen LogP contribution >= 0.6 is 0 Å². The van der Waals surface area contributed by atoms with E-state index in [0.717, 1.165) is 38.5 Å². The smallest absolute Gasteiger partial charge is 0.333 e. The fraction of sp³-hybridized carbons (Fsp3) is 0.895. The van der Waals surface area contributed by atoms with Crippen molar-refractivity contribution in [3.63, 3.8) is 0 Å². The molecule has 0 fully saturated rings. The third kappa shape index (κ3) is 27.8. The highest BCUT2D eigenvalue weighted by atomic mass is 16.5. The quantitative estimate of drug-likeness (QED) is 0.0309. The van der Waals surface area contributed by atoms with Crippen molar-refractivity contribution in [1.29, 1.82) is 0 Å². The molecule has 0 radical (unpaired) electrons. The van der Waals surface area contributed by atoms with E-state index in [1.807, 2.05) is 0 Å². The fourth-order valence-corrected chi connectivity index (χ4v) is 5.72. The topological polar surface area (TPSA) is 82.0 Å². The van der Waals surface area contributed by atoms with Crippen LogP contribution in [0.2, 0.25) is 0 Å². The zero-order valence-corrected chi connectivity index (χ0v) is 29.4. The van der Waals surface area contributed by atoms with Crippen LogP contribution in [-0.4, -0.2) is 31.2 Å². The monoisotopic (exact) mass is 622 g/mol. The number of hydrogen-bond donors (Lipinski definition) is 0. The molecule has 0 rings (SSSR count). The van der Waals surface area contributed by atoms with Gasteiger partial charge >= 0.3 is 11.9 Å². The largest absolute Gasteiger partial charge is 0.463 e. The van der Waals surface area contributed by atoms with E-state index in [1.54, 1.807) is 6.92 Å². The van der Waals surface area contributed by atoms with Crippen LogP contribution in [0.5, 0.6) is 0 Å². The van der Waals surface area contributed by atoms with Crippen LogP contribution in [0.15, 0.2) is 17.3 Å². The van der Waals surface area contributed by atoms with Crippen molar-refractivity contribution in [2.24, 2.45) is 11.1 Å². The third-order valence-corrected chi connectivity index (χ3v) is 8.72. The van der Waals surface area contributed by atoms with Gasteiger partial charge in [-0.05, 0) is 19.8 Å². The van der Waals surface area contributed by atoms with Gasteiger partial charge in [0.1, 0.15) is 13.2 Å². The zero-order valence-electron chi connectivity index (χ0n) is 29.4. The van der Waals surface area contributed by atoms with E-state index in [-0.39, 0.29) is 30.7 Å². The van der Waals surface area contributed by atoms with Gasteiger partial charge in [0.15, 0.2) is 6.04 Å². The molecule has 6 nitrogen and oxygen atoms in total. The summed E-state index contributed by atoms with van der Waals surface area (Å²) in [6.45, 7) is 9.25. The molecule has 0 spiro atoms.